The molecular formula is C9H7ClF3NO3. The molecule has 94 valence electrons. The van der Waals surface area contributed by atoms with Crippen molar-refractivity contribution in [3.05, 3.63) is 17.3 Å². The van der Waals surface area contributed by atoms with Crippen molar-refractivity contribution in [3.63, 3.8) is 0 Å². The lowest BCUT2D eigenvalue weighted by molar-refractivity contribution is -0.276. The zero-order valence-corrected chi connectivity index (χ0v) is 9.30. The Balaban J connectivity index is 3.28. The van der Waals surface area contributed by atoms with Gasteiger partial charge >= 0.3 is 6.36 Å². The molecule has 0 spiro atoms. The number of ether oxygens (including phenoxy) is 2. The summed E-state index contributed by atoms with van der Waals surface area (Å²) in [6.07, 6.45) is -3.73. The molecule has 1 aromatic rings. The molecule has 0 aromatic carbocycles. The van der Waals surface area contributed by atoms with E-state index in [9.17, 15) is 18.0 Å². The summed E-state index contributed by atoms with van der Waals surface area (Å²) in [5.74, 6) is -0.922. The number of nitrogens with zero attached hydrogens (tertiary/aromatic N) is 1. The number of halogens is 4. The first kappa shape index (κ1) is 13.6. The van der Waals surface area contributed by atoms with Crippen molar-refractivity contribution in [2.45, 2.75) is 12.2 Å². The summed E-state index contributed by atoms with van der Waals surface area (Å²) < 4.78 is 44.5. The van der Waals surface area contributed by atoms with Gasteiger partial charge in [0.15, 0.2) is 6.29 Å². The fourth-order valence-electron chi connectivity index (χ4n) is 1.15. The van der Waals surface area contributed by atoms with E-state index in [2.05, 4.69) is 9.72 Å². The fourth-order valence-corrected chi connectivity index (χ4v) is 1.43. The highest BCUT2D eigenvalue weighted by Gasteiger charge is 2.33. The molecule has 8 heteroatoms. The largest absolute Gasteiger partial charge is 0.574 e. The minimum absolute atomic E-state index is 0.0958. The van der Waals surface area contributed by atoms with Crippen LogP contribution in [0.5, 0.6) is 11.6 Å². The molecule has 0 aliphatic heterocycles. The molecule has 0 aliphatic carbocycles. The first-order chi connectivity index (χ1) is 7.92. The summed E-state index contributed by atoms with van der Waals surface area (Å²) in [5, 5.41) is 0. The van der Waals surface area contributed by atoms with Crippen LogP contribution in [-0.2, 0) is 5.88 Å². The highest BCUT2D eigenvalue weighted by molar-refractivity contribution is 6.17. The Bertz CT molecular complexity index is 423. The van der Waals surface area contributed by atoms with Gasteiger partial charge in [-0.15, -0.1) is 24.8 Å². The van der Waals surface area contributed by atoms with E-state index in [0.717, 1.165) is 6.20 Å². The van der Waals surface area contributed by atoms with Gasteiger partial charge in [-0.3, -0.25) is 4.79 Å². The zero-order valence-electron chi connectivity index (χ0n) is 8.55. The molecule has 0 saturated heterocycles. The number of rotatable bonds is 4. The van der Waals surface area contributed by atoms with Crippen LogP contribution in [0.1, 0.15) is 15.9 Å². The number of carbonyl (C=O) groups is 1. The molecule has 0 saturated carbocycles. The van der Waals surface area contributed by atoms with Gasteiger partial charge in [0.1, 0.15) is 5.75 Å². The van der Waals surface area contributed by atoms with Crippen LogP contribution in [0.15, 0.2) is 6.20 Å². The normalized spacial score (nSPS) is 11.1. The van der Waals surface area contributed by atoms with Crippen molar-refractivity contribution in [3.8, 4) is 11.6 Å². The molecule has 0 amide bonds. The predicted octanol–water partition coefficient (Wildman–Crippen LogP) is 2.54. The fraction of sp³-hybridized carbons (Fsp3) is 0.333. The van der Waals surface area contributed by atoms with Crippen LogP contribution in [0, 0.1) is 0 Å². The SMILES string of the molecule is COc1cnc(OC(F)(F)F)c(C=O)c1CCl. The average molecular weight is 270 g/mol. The lowest BCUT2D eigenvalue weighted by atomic mass is 10.1. The van der Waals surface area contributed by atoms with Gasteiger partial charge in [-0.05, 0) is 0 Å². The number of pyridine rings is 1. The second-order valence-corrected chi connectivity index (χ2v) is 3.09. The van der Waals surface area contributed by atoms with Crippen LogP contribution in [0.2, 0.25) is 0 Å². The quantitative estimate of drug-likeness (QED) is 0.622. The van der Waals surface area contributed by atoms with Crippen LogP contribution in [0.25, 0.3) is 0 Å². The maximum atomic E-state index is 12.0. The van der Waals surface area contributed by atoms with E-state index >= 15 is 0 Å². The maximum absolute atomic E-state index is 12.0. The smallest absolute Gasteiger partial charge is 0.495 e. The molecule has 1 heterocycles. The monoisotopic (exact) mass is 269 g/mol. The van der Waals surface area contributed by atoms with E-state index in [1.54, 1.807) is 0 Å². The maximum Gasteiger partial charge on any atom is 0.574 e. The Hall–Kier alpha value is -1.50. The van der Waals surface area contributed by atoms with Crippen molar-refractivity contribution in [2.75, 3.05) is 7.11 Å². The molecule has 17 heavy (non-hydrogen) atoms. The van der Waals surface area contributed by atoms with Gasteiger partial charge in [-0.25, -0.2) is 4.98 Å². The van der Waals surface area contributed by atoms with Crippen LogP contribution < -0.4 is 9.47 Å². The van der Waals surface area contributed by atoms with E-state index in [1.165, 1.54) is 7.11 Å². The van der Waals surface area contributed by atoms with E-state index in [-0.39, 0.29) is 29.0 Å². The molecule has 0 atom stereocenters. The van der Waals surface area contributed by atoms with Crippen molar-refractivity contribution >= 4 is 17.9 Å². The Morgan fingerprint density at radius 3 is 2.59 bits per heavy atom. The lowest BCUT2D eigenvalue weighted by Crippen LogP contribution is -2.19. The second kappa shape index (κ2) is 5.22. The average Bonchev–Trinajstić information content (AvgIpc) is 2.26. The third-order valence-corrected chi connectivity index (χ3v) is 2.10. The molecule has 0 aliphatic rings. The topological polar surface area (TPSA) is 48.4 Å². The summed E-state index contributed by atoms with van der Waals surface area (Å²) in [5.41, 5.74) is -0.282. The van der Waals surface area contributed by atoms with Crippen molar-refractivity contribution < 1.29 is 27.4 Å². The van der Waals surface area contributed by atoms with Crippen molar-refractivity contribution in [1.29, 1.82) is 0 Å². The highest BCUT2D eigenvalue weighted by Crippen LogP contribution is 2.31. The van der Waals surface area contributed by atoms with Crippen molar-refractivity contribution in [1.82, 2.24) is 4.98 Å². The van der Waals surface area contributed by atoms with Gasteiger partial charge in [0, 0.05) is 5.56 Å². The number of aldehydes is 1. The summed E-state index contributed by atoms with van der Waals surface area (Å²) >= 11 is 5.53. The second-order valence-electron chi connectivity index (χ2n) is 2.82. The summed E-state index contributed by atoms with van der Waals surface area (Å²) in [6, 6.07) is 0. The molecule has 1 aromatic heterocycles. The molecule has 0 unspecified atom stereocenters. The Morgan fingerprint density at radius 1 is 1.53 bits per heavy atom. The number of aromatic nitrogens is 1. The van der Waals surface area contributed by atoms with Gasteiger partial charge in [-0.2, -0.15) is 0 Å². The van der Waals surface area contributed by atoms with Gasteiger partial charge in [-0.1, -0.05) is 0 Å². The molecular weight excluding hydrogens is 263 g/mol. The van der Waals surface area contributed by atoms with Crippen LogP contribution in [-0.4, -0.2) is 24.7 Å². The zero-order chi connectivity index (χ0) is 13.1. The third-order valence-electron chi connectivity index (χ3n) is 1.84. The Morgan fingerprint density at radius 2 is 2.18 bits per heavy atom. The Labute approximate surface area is 99.3 Å². The Kier molecular flexibility index (Phi) is 4.17. The van der Waals surface area contributed by atoms with Crippen LogP contribution in [0.4, 0.5) is 13.2 Å². The van der Waals surface area contributed by atoms with E-state index in [4.69, 9.17) is 16.3 Å². The minimum Gasteiger partial charge on any atom is -0.495 e. The number of hydrogen-bond acceptors (Lipinski definition) is 4. The lowest BCUT2D eigenvalue weighted by Gasteiger charge is -2.13. The summed E-state index contributed by atoms with van der Waals surface area (Å²) in [4.78, 5) is 14.1. The molecule has 4 nitrogen and oxygen atoms in total. The summed E-state index contributed by atoms with van der Waals surface area (Å²) in [6.45, 7) is 0. The standard InChI is InChI=1S/C9H7ClF3NO3/c1-16-7-3-14-8(17-9(11,12)13)6(4-15)5(7)2-10/h3-4H,2H2,1H3. The first-order valence-corrected chi connectivity index (χ1v) is 4.79. The number of alkyl halides is 4. The van der Waals surface area contributed by atoms with Crippen LogP contribution >= 0.6 is 11.6 Å². The van der Waals surface area contributed by atoms with Gasteiger partial charge in [0.2, 0.25) is 5.88 Å². The van der Waals surface area contributed by atoms with Crippen molar-refractivity contribution in [2.24, 2.45) is 0 Å². The summed E-state index contributed by atoms with van der Waals surface area (Å²) in [7, 11) is 1.28. The van der Waals surface area contributed by atoms with Gasteiger partial charge < -0.3 is 9.47 Å². The van der Waals surface area contributed by atoms with Gasteiger partial charge in [0.25, 0.3) is 0 Å². The third kappa shape index (κ3) is 3.23. The molecule has 0 bridgehead atoms. The molecule has 0 N–H and O–H groups in total. The van der Waals surface area contributed by atoms with Gasteiger partial charge in [0.05, 0.1) is 24.8 Å². The minimum atomic E-state index is -4.93. The number of carbonyl (C=O) groups excluding carboxylic acids is 1. The predicted molar refractivity (Wildman–Crippen MR) is 52.4 cm³/mol. The van der Waals surface area contributed by atoms with E-state index in [1.807, 2.05) is 0 Å². The first-order valence-electron chi connectivity index (χ1n) is 4.25. The van der Waals surface area contributed by atoms with E-state index in [0.29, 0.717) is 0 Å². The van der Waals surface area contributed by atoms with E-state index < -0.39 is 12.2 Å². The highest BCUT2D eigenvalue weighted by atomic mass is 35.5. The molecule has 0 radical (unpaired) electrons. The molecule has 0 fully saturated rings. The number of methoxy groups -OCH3 is 1. The number of hydrogen-bond donors (Lipinski definition) is 0. The molecule has 1 rings (SSSR count). The van der Waals surface area contributed by atoms with Crippen LogP contribution in [0.3, 0.4) is 0 Å².